The number of thioether (sulfide) groups is 1. The maximum Gasteiger partial charge on any atom is 0.262 e. The lowest BCUT2D eigenvalue weighted by Gasteiger charge is -2.18. The van der Waals surface area contributed by atoms with Gasteiger partial charge in [0.1, 0.15) is 33.8 Å². The van der Waals surface area contributed by atoms with E-state index in [2.05, 4.69) is 84.3 Å². The summed E-state index contributed by atoms with van der Waals surface area (Å²) in [4.78, 5) is 3.59. The van der Waals surface area contributed by atoms with Crippen molar-refractivity contribution in [2.45, 2.75) is 25.2 Å². The Morgan fingerprint density at radius 2 is 1.75 bits per heavy atom. The molecule has 5 aromatic rings. The van der Waals surface area contributed by atoms with E-state index in [1.807, 2.05) is 0 Å². The van der Waals surface area contributed by atoms with Gasteiger partial charge in [0, 0.05) is 18.7 Å². The van der Waals surface area contributed by atoms with E-state index in [0.717, 1.165) is 35.0 Å². The smallest absolute Gasteiger partial charge is 0.262 e. The van der Waals surface area contributed by atoms with Crippen molar-refractivity contribution in [3.8, 4) is 0 Å². The monoisotopic (exact) mass is 495 g/mol. The lowest BCUT2D eigenvalue weighted by molar-refractivity contribution is -0.642. The number of aryl methyl sites for hydroxylation is 1. The van der Waals surface area contributed by atoms with E-state index in [1.54, 1.807) is 23.1 Å². The number of benzene rings is 2. The largest absolute Gasteiger partial charge is 0.335 e. The zero-order valence-electron chi connectivity index (χ0n) is 17.7. The maximum absolute atomic E-state index is 4.55. The Hall–Kier alpha value is -2.40. The van der Waals surface area contributed by atoms with Crippen LogP contribution in [0, 0.1) is 0 Å². The van der Waals surface area contributed by atoms with Gasteiger partial charge in [0.2, 0.25) is 5.52 Å². The predicted octanol–water partition coefficient (Wildman–Crippen LogP) is 6.00. The second-order valence-electron chi connectivity index (χ2n) is 7.49. The van der Waals surface area contributed by atoms with Gasteiger partial charge in [-0.05, 0) is 43.2 Å². The quantitative estimate of drug-likeness (QED) is 0.285. The average Bonchev–Trinajstić information content (AvgIpc) is 3.57. The van der Waals surface area contributed by atoms with Gasteiger partial charge in [0.15, 0.2) is 0 Å². The number of thiazole rings is 1. The topological polar surface area (TPSA) is 58.7 Å². The van der Waals surface area contributed by atoms with E-state index < -0.39 is 0 Å². The molecule has 0 fully saturated rings. The summed E-state index contributed by atoms with van der Waals surface area (Å²) < 4.78 is 21.3. The van der Waals surface area contributed by atoms with Gasteiger partial charge in [-0.1, -0.05) is 30.0 Å². The van der Waals surface area contributed by atoms with Gasteiger partial charge in [-0.3, -0.25) is 0 Å². The van der Waals surface area contributed by atoms with Crippen LogP contribution in [0.3, 0.4) is 0 Å². The highest BCUT2D eigenvalue weighted by molar-refractivity contribution is 8.04. The Morgan fingerprint density at radius 3 is 2.53 bits per heavy atom. The molecular formula is C22H19N6S4+. The third kappa shape index (κ3) is 3.08. The van der Waals surface area contributed by atoms with Crippen LogP contribution in [0.25, 0.3) is 38.4 Å². The van der Waals surface area contributed by atoms with Crippen LogP contribution in [-0.4, -0.2) is 24.0 Å². The second kappa shape index (κ2) is 7.87. The molecule has 1 aliphatic rings. The molecule has 160 valence electrons. The molecule has 0 atom stereocenters. The van der Waals surface area contributed by atoms with E-state index in [1.165, 1.54) is 59.9 Å². The predicted molar refractivity (Wildman–Crippen MR) is 137 cm³/mol. The number of aromatic nitrogens is 5. The molecule has 1 aliphatic heterocycles. The fourth-order valence-electron chi connectivity index (χ4n) is 4.01. The van der Waals surface area contributed by atoms with Crippen LogP contribution in [0.4, 0.5) is 5.69 Å². The average molecular weight is 496 g/mol. The van der Waals surface area contributed by atoms with Crippen LogP contribution in [0.15, 0.2) is 45.8 Å². The Bertz CT molecular complexity index is 1560. The summed E-state index contributed by atoms with van der Waals surface area (Å²) in [7, 11) is 2.13. The van der Waals surface area contributed by atoms with Crippen molar-refractivity contribution in [2.75, 3.05) is 11.4 Å². The molecule has 6 rings (SSSR count). The standard InChI is InChI=1S/C22H19N6S4/c1-4-12(10-17-27(3)15-8-6-13-19(21(15)29-17)25-31-23-13)11-18-28(5-2)16-9-7-14-20(22(16)30-18)26-32-24-14/h6-11H,4-5H2,1-3H3/q+1. The maximum atomic E-state index is 4.55. The first-order chi connectivity index (χ1) is 15.7. The summed E-state index contributed by atoms with van der Waals surface area (Å²) in [5, 5.41) is 2.45. The molecule has 3 aromatic heterocycles. The number of hydrogen-bond donors (Lipinski definition) is 0. The fraction of sp³-hybridized carbons (Fsp3) is 0.227. The highest BCUT2D eigenvalue weighted by atomic mass is 32.2. The molecule has 0 radical (unpaired) electrons. The Kier molecular flexibility index (Phi) is 4.98. The van der Waals surface area contributed by atoms with Crippen LogP contribution in [-0.2, 0) is 7.05 Å². The van der Waals surface area contributed by atoms with Gasteiger partial charge in [0.25, 0.3) is 5.01 Å². The van der Waals surface area contributed by atoms with Crippen LogP contribution < -0.4 is 9.47 Å². The highest BCUT2D eigenvalue weighted by Crippen LogP contribution is 2.49. The summed E-state index contributed by atoms with van der Waals surface area (Å²) in [6.07, 6.45) is 5.58. The van der Waals surface area contributed by atoms with E-state index in [-0.39, 0.29) is 0 Å². The highest BCUT2D eigenvalue weighted by Gasteiger charge is 2.27. The molecule has 0 saturated heterocycles. The third-order valence-corrected chi connectivity index (χ3v) is 9.17. The normalized spacial score (nSPS) is 15.7. The van der Waals surface area contributed by atoms with E-state index >= 15 is 0 Å². The van der Waals surface area contributed by atoms with Gasteiger partial charge in [0.05, 0.1) is 39.1 Å². The number of hydrogen-bond acceptors (Lipinski definition) is 9. The van der Waals surface area contributed by atoms with Gasteiger partial charge >= 0.3 is 0 Å². The molecule has 0 saturated carbocycles. The zero-order chi connectivity index (χ0) is 21.8. The molecular weight excluding hydrogens is 477 g/mol. The van der Waals surface area contributed by atoms with Crippen LogP contribution in [0.5, 0.6) is 0 Å². The first-order valence-electron chi connectivity index (χ1n) is 10.3. The molecule has 6 nitrogen and oxygen atoms in total. The summed E-state index contributed by atoms with van der Waals surface area (Å²) in [6, 6.07) is 8.45. The van der Waals surface area contributed by atoms with E-state index in [9.17, 15) is 0 Å². The number of rotatable bonds is 4. The lowest BCUT2D eigenvalue weighted by atomic mass is 10.2. The van der Waals surface area contributed by atoms with Gasteiger partial charge in [-0.25, -0.2) is 0 Å². The summed E-state index contributed by atoms with van der Waals surface area (Å²) >= 11 is 6.14. The molecule has 2 aromatic carbocycles. The summed E-state index contributed by atoms with van der Waals surface area (Å²) in [5.74, 6) is 0. The van der Waals surface area contributed by atoms with Gasteiger partial charge in [-0.2, -0.15) is 22.1 Å². The van der Waals surface area contributed by atoms with Crippen molar-refractivity contribution in [2.24, 2.45) is 7.05 Å². The van der Waals surface area contributed by atoms with Crippen molar-refractivity contribution < 1.29 is 4.57 Å². The van der Waals surface area contributed by atoms with E-state index in [0.29, 0.717) is 0 Å². The molecule has 4 heterocycles. The molecule has 0 amide bonds. The Labute approximate surface area is 201 Å². The van der Waals surface area contributed by atoms with Crippen molar-refractivity contribution >= 4 is 90.6 Å². The van der Waals surface area contributed by atoms with Crippen LogP contribution in [0.1, 0.15) is 25.3 Å². The Balaban J connectivity index is 1.43. The minimum atomic E-state index is 0.914. The SMILES string of the molecule is CCC(=Cc1sc2c3nsnc3ccc2[n+]1C)C=C1Sc2c(ccc3nsnc23)N1CC. The number of allylic oxidation sites excluding steroid dienone is 2. The molecule has 0 N–H and O–H groups in total. The van der Waals surface area contributed by atoms with E-state index in [4.69, 9.17) is 0 Å². The minimum Gasteiger partial charge on any atom is -0.335 e. The summed E-state index contributed by atoms with van der Waals surface area (Å²) in [5.41, 5.74) is 7.68. The first-order valence-corrected chi connectivity index (χ1v) is 13.4. The third-order valence-electron chi connectivity index (χ3n) is 5.73. The van der Waals surface area contributed by atoms with Gasteiger partial charge < -0.3 is 4.90 Å². The number of anilines is 1. The van der Waals surface area contributed by atoms with Crippen LogP contribution in [0.2, 0.25) is 0 Å². The molecule has 0 spiro atoms. The molecule has 0 unspecified atom stereocenters. The van der Waals surface area contributed by atoms with Crippen molar-refractivity contribution in [1.82, 2.24) is 17.5 Å². The van der Waals surface area contributed by atoms with Gasteiger partial charge in [-0.15, -0.1) is 0 Å². The Morgan fingerprint density at radius 1 is 1.00 bits per heavy atom. The molecule has 32 heavy (non-hydrogen) atoms. The fourth-order valence-corrected chi connectivity index (χ4v) is 7.70. The zero-order valence-corrected chi connectivity index (χ0v) is 21.0. The van der Waals surface area contributed by atoms with Crippen molar-refractivity contribution in [3.63, 3.8) is 0 Å². The summed E-state index contributed by atoms with van der Waals surface area (Å²) in [6.45, 7) is 5.32. The number of fused-ring (bicyclic) bond motifs is 6. The first kappa shape index (κ1) is 20.2. The van der Waals surface area contributed by atoms with Crippen molar-refractivity contribution in [1.29, 1.82) is 0 Å². The second-order valence-corrected chi connectivity index (χ2v) is 10.6. The number of nitrogens with zero attached hydrogens (tertiary/aromatic N) is 6. The van der Waals surface area contributed by atoms with Crippen molar-refractivity contribution in [3.05, 3.63) is 46.0 Å². The molecule has 0 aliphatic carbocycles. The van der Waals surface area contributed by atoms with Crippen LogP contribution >= 0.6 is 46.6 Å². The molecule has 10 heteroatoms. The molecule has 0 bridgehead atoms. The lowest BCUT2D eigenvalue weighted by Crippen LogP contribution is -2.29. The minimum absolute atomic E-state index is 0.914.